The van der Waals surface area contributed by atoms with Gasteiger partial charge in [-0.1, -0.05) is 12.1 Å². The molecule has 2 aliphatic carbocycles. The second-order valence-corrected chi connectivity index (χ2v) is 10.5. The highest BCUT2D eigenvalue weighted by molar-refractivity contribution is 7.84. The first-order chi connectivity index (χ1) is 17.0. The molecule has 35 heavy (non-hydrogen) atoms. The van der Waals surface area contributed by atoms with Crippen molar-refractivity contribution < 1.29 is 19.1 Å². The Balaban J connectivity index is 1.29. The molecule has 0 aromatic heterocycles. The minimum atomic E-state index is -1.37. The lowest BCUT2D eigenvalue weighted by Crippen LogP contribution is -2.80. The normalized spacial score (nSPS) is 19.1. The number of allylic oxidation sites excluding steroid dienone is 4. The molecular weight excluding hydrogens is 460 g/mol. The summed E-state index contributed by atoms with van der Waals surface area (Å²) < 4.78 is 17.5. The van der Waals surface area contributed by atoms with E-state index in [-0.39, 0.29) is 5.91 Å². The lowest BCUT2D eigenvalue weighted by Gasteiger charge is -2.33. The van der Waals surface area contributed by atoms with Crippen LogP contribution in [0.5, 0.6) is 5.75 Å². The number of anilines is 1. The van der Waals surface area contributed by atoms with Gasteiger partial charge in [0.05, 0.1) is 29.6 Å². The number of hydrogen-bond acceptors (Lipinski definition) is 5. The van der Waals surface area contributed by atoms with E-state index in [1.54, 1.807) is 12.3 Å². The van der Waals surface area contributed by atoms with Crippen molar-refractivity contribution >= 4 is 28.1 Å². The van der Waals surface area contributed by atoms with E-state index in [0.29, 0.717) is 42.8 Å². The van der Waals surface area contributed by atoms with E-state index in [0.717, 1.165) is 27.4 Å². The number of quaternary nitrogens is 1. The van der Waals surface area contributed by atoms with Crippen molar-refractivity contribution in [2.75, 3.05) is 24.3 Å². The van der Waals surface area contributed by atoms with Crippen LogP contribution in [0, 0.1) is 5.41 Å². The van der Waals surface area contributed by atoms with Crippen LogP contribution in [-0.4, -0.2) is 37.1 Å². The largest absolute Gasteiger partial charge is 0.490 e. The molecule has 0 spiro atoms. The van der Waals surface area contributed by atoms with E-state index in [1.807, 2.05) is 48.6 Å². The minimum absolute atomic E-state index is 0.176. The average molecular weight is 491 g/mol. The molecule has 1 saturated carbocycles. The first-order valence-corrected chi connectivity index (χ1v) is 13.5. The quantitative estimate of drug-likeness (QED) is 0.410. The second kappa shape index (κ2) is 10.0. The van der Waals surface area contributed by atoms with Gasteiger partial charge in [-0.15, -0.1) is 4.21 Å². The van der Waals surface area contributed by atoms with Crippen molar-refractivity contribution in [3.63, 3.8) is 0 Å². The van der Waals surface area contributed by atoms with Gasteiger partial charge in [0.2, 0.25) is 0 Å². The fourth-order valence-corrected chi connectivity index (χ4v) is 4.69. The van der Waals surface area contributed by atoms with Crippen LogP contribution in [0.3, 0.4) is 0 Å². The van der Waals surface area contributed by atoms with Crippen molar-refractivity contribution in [3.8, 4) is 5.75 Å². The first kappa shape index (κ1) is 23.3. The smallest absolute Gasteiger partial charge is 0.251 e. The molecule has 4 N–H and O–H groups in total. The number of hydrogen-bond donors (Lipinski definition) is 3. The van der Waals surface area contributed by atoms with Crippen LogP contribution in [0.2, 0.25) is 0 Å². The topological polar surface area (TPSA) is 99.1 Å². The molecule has 1 amide bonds. The Morgan fingerprint density at radius 1 is 1.23 bits per heavy atom. The molecule has 2 aromatic carbocycles. The highest BCUT2D eigenvalue weighted by atomic mass is 32.2. The summed E-state index contributed by atoms with van der Waals surface area (Å²) in [4.78, 5) is 15.8. The number of nitrogens with one attached hydrogen (secondary N) is 2. The third kappa shape index (κ3) is 5.44. The Kier molecular flexibility index (Phi) is 6.66. The maximum Gasteiger partial charge on any atom is 0.251 e. The van der Waals surface area contributed by atoms with E-state index >= 15 is 0 Å². The Hall–Kier alpha value is -3.49. The van der Waals surface area contributed by atoms with Gasteiger partial charge in [0.25, 0.3) is 5.91 Å². The molecular formula is C27H30N4O3S+2. The van der Waals surface area contributed by atoms with Gasteiger partial charge in [-0.05, 0) is 54.1 Å². The molecule has 7 nitrogen and oxygen atoms in total. The molecule has 1 unspecified atom stereocenters. The summed E-state index contributed by atoms with van der Waals surface area (Å²) in [6, 6.07) is 13.6. The number of ether oxygens (including phenoxy) is 1. The van der Waals surface area contributed by atoms with E-state index in [4.69, 9.17) is 10.1 Å². The molecule has 1 fully saturated rings. The van der Waals surface area contributed by atoms with Gasteiger partial charge in [-0.3, -0.25) is 4.79 Å². The predicted molar refractivity (Wildman–Crippen MR) is 139 cm³/mol. The summed E-state index contributed by atoms with van der Waals surface area (Å²) in [7, 11) is -1.37. The number of amides is 1. The molecule has 0 radical (unpaired) electrons. The zero-order valence-corrected chi connectivity index (χ0v) is 20.6. The minimum Gasteiger partial charge on any atom is -0.490 e. The van der Waals surface area contributed by atoms with Gasteiger partial charge < -0.3 is 25.7 Å². The number of nitrogens with zero attached hydrogens (tertiary/aromatic N) is 1. The van der Waals surface area contributed by atoms with E-state index in [9.17, 15) is 9.00 Å². The lowest BCUT2D eigenvalue weighted by atomic mass is 10.0. The van der Waals surface area contributed by atoms with Gasteiger partial charge >= 0.3 is 0 Å². The van der Waals surface area contributed by atoms with Gasteiger partial charge in [0, 0.05) is 30.6 Å². The number of carbonyl (C=O) groups excluding carboxylic acids is 1. The molecule has 1 atom stereocenters. The highest BCUT2D eigenvalue weighted by Crippen LogP contribution is 2.36. The molecule has 0 saturated heterocycles. The van der Waals surface area contributed by atoms with Crippen molar-refractivity contribution in [3.05, 3.63) is 89.3 Å². The van der Waals surface area contributed by atoms with Crippen LogP contribution in [0.25, 0.3) is 0 Å². The molecule has 8 heteroatoms. The molecule has 0 bridgehead atoms. The van der Waals surface area contributed by atoms with Crippen LogP contribution >= 0.6 is 0 Å². The van der Waals surface area contributed by atoms with Crippen LogP contribution in [0.15, 0.2) is 83.1 Å². The Bertz CT molecular complexity index is 1280. The third-order valence-corrected chi connectivity index (χ3v) is 7.38. The number of thiol groups is 1. The molecule has 180 valence electrons. The van der Waals surface area contributed by atoms with E-state index in [1.165, 1.54) is 12.8 Å². The highest BCUT2D eigenvalue weighted by Gasteiger charge is 2.26. The number of benzene rings is 2. The van der Waals surface area contributed by atoms with Crippen molar-refractivity contribution in [1.82, 2.24) is 5.32 Å². The van der Waals surface area contributed by atoms with Gasteiger partial charge in [0.15, 0.2) is 4.90 Å². The Morgan fingerprint density at radius 3 is 2.77 bits per heavy atom. The number of nitrogens with two attached hydrogens (primary N) is 1. The van der Waals surface area contributed by atoms with E-state index in [2.05, 4.69) is 27.8 Å². The summed E-state index contributed by atoms with van der Waals surface area (Å²) >= 11 is 0. The van der Waals surface area contributed by atoms with Gasteiger partial charge in [-0.2, -0.15) is 0 Å². The summed E-state index contributed by atoms with van der Waals surface area (Å²) in [5.74, 6) is 0.496. The summed E-state index contributed by atoms with van der Waals surface area (Å²) in [6.45, 7) is 1.60. The van der Waals surface area contributed by atoms with Crippen molar-refractivity contribution in [2.45, 2.75) is 30.3 Å². The summed E-state index contributed by atoms with van der Waals surface area (Å²) in [6.07, 6.45) is 12.1. The zero-order valence-electron chi connectivity index (χ0n) is 19.7. The van der Waals surface area contributed by atoms with Crippen molar-refractivity contribution in [1.29, 1.82) is 5.41 Å². The summed E-state index contributed by atoms with van der Waals surface area (Å²) in [5.41, 5.74) is 4.83. The second-order valence-electron chi connectivity index (χ2n) is 9.00. The maximum atomic E-state index is 12.8. The van der Waals surface area contributed by atoms with E-state index < -0.39 is 10.8 Å². The fraction of sp³-hybridized carbons (Fsp3) is 0.259. The lowest BCUT2D eigenvalue weighted by molar-refractivity contribution is -0.602. The SMILES string of the molecule is C[SH+](=O)c1ccc(CNC(=O)c2ccc3c(c2)OCCN3C2=C/C(=C/[NH2+]C3CC3)C(=N)C=C2)cc1. The van der Waals surface area contributed by atoms with Gasteiger partial charge in [0.1, 0.15) is 35.6 Å². The monoisotopic (exact) mass is 490 g/mol. The zero-order chi connectivity index (χ0) is 24.4. The fourth-order valence-electron chi connectivity index (χ4n) is 4.12. The first-order valence-electron chi connectivity index (χ1n) is 11.8. The molecule has 5 rings (SSSR count). The van der Waals surface area contributed by atoms with Crippen LogP contribution in [0.1, 0.15) is 28.8 Å². The average Bonchev–Trinajstić information content (AvgIpc) is 3.71. The van der Waals surface area contributed by atoms with Crippen molar-refractivity contribution in [2.24, 2.45) is 0 Å². The molecule has 1 aliphatic heterocycles. The number of fused-ring (bicyclic) bond motifs is 1. The number of rotatable bonds is 7. The van der Waals surface area contributed by atoms with Gasteiger partial charge in [-0.25, -0.2) is 0 Å². The molecule has 3 aliphatic rings. The van der Waals surface area contributed by atoms with Crippen LogP contribution in [0.4, 0.5) is 5.69 Å². The summed E-state index contributed by atoms with van der Waals surface area (Å²) in [5, 5.41) is 13.4. The van der Waals surface area contributed by atoms with Crippen LogP contribution in [-0.2, 0) is 21.6 Å². The molecule has 1 heterocycles. The molecule has 2 aromatic rings. The third-order valence-electron chi connectivity index (χ3n) is 6.36. The standard InChI is InChI=1S/C27H28N4O3S/c1-35(33)23-8-2-18(3-9-23)16-30-27(32)19-4-11-25-26(15-19)34-13-12-31(25)22-7-10-24(28)20(14-22)17-29-21-5-6-21/h2-4,7-11,14-15,17,21,28-29H,5-6,12-13,16H2,1H3,(H,30,32)/p+2/b20-17-,28-24?. The Morgan fingerprint density at radius 2 is 2.03 bits per heavy atom. The van der Waals surface area contributed by atoms with Crippen LogP contribution < -0.4 is 20.3 Å². The Labute approximate surface area is 207 Å². The number of carbonyl (C=O) groups is 1. The maximum absolute atomic E-state index is 12.8. The predicted octanol–water partition coefficient (Wildman–Crippen LogP) is 2.58.